The van der Waals surface area contributed by atoms with Crippen molar-refractivity contribution >= 4 is 5.91 Å². The molecule has 15 heavy (non-hydrogen) atoms. The molecular weight excluding hydrogens is 192 g/mol. The number of hydrogen-bond acceptors (Lipinski definition) is 3. The fourth-order valence-corrected chi connectivity index (χ4v) is 1.41. The molecule has 0 saturated carbocycles. The first-order valence-corrected chi connectivity index (χ1v) is 5.23. The van der Waals surface area contributed by atoms with Gasteiger partial charge in [0.05, 0.1) is 0 Å². The van der Waals surface area contributed by atoms with E-state index >= 15 is 0 Å². The molecule has 1 aromatic heterocycles. The van der Waals surface area contributed by atoms with Crippen LogP contribution in [0.5, 0.6) is 0 Å². The number of carbonyl (C=O) groups excluding carboxylic acids is 1. The summed E-state index contributed by atoms with van der Waals surface area (Å²) >= 11 is 0. The number of rotatable bonds is 6. The topological polar surface area (TPSA) is 54.3 Å². The average Bonchev–Trinajstić information content (AvgIpc) is 2.60. The third-order valence-electron chi connectivity index (χ3n) is 2.14. The highest BCUT2D eigenvalue weighted by atomic mass is 16.3. The molecule has 0 atom stereocenters. The minimum absolute atomic E-state index is 0.0353. The summed E-state index contributed by atoms with van der Waals surface area (Å²) in [7, 11) is 1.68. The third-order valence-corrected chi connectivity index (χ3v) is 2.14. The lowest BCUT2D eigenvalue weighted by atomic mass is 10.1. The quantitative estimate of drug-likeness (QED) is 0.553. The van der Waals surface area contributed by atoms with Crippen LogP contribution < -0.4 is 10.9 Å². The first-order chi connectivity index (χ1) is 7.22. The lowest BCUT2D eigenvalue weighted by Crippen LogP contribution is -2.33. The van der Waals surface area contributed by atoms with Gasteiger partial charge >= 0.3 is 0 Å². The minimum atomic E-state index is 0.0353. The van der Waals surface area contributed by atoms with Crippen molar-refractivity contribution in [1.82, 2.24) is 10.9 Å². The van der Waals surface area contributed by atoms with Crippen LogP contribution in [0.1, 0.15) is 30.8 Å². The number of amides is 1. The standard InChI is InChI=1S/C11H18N2O2/c1-9-7-8-10(15-9)5-3-4-6-11(14)13-12-2/h7-8,12H,3-6H2,1-2H3,(H,13,14). The molecule has 0 radical (unpaired) electrons. The smallest absolute Gasteiger partial charge is 0.234 e. The lowest BCUT2D eigenvalue weighted by molar-refractivity contribution is -0.122. The largest absolute Gasteiger partial charge is 0.466 e. The Balaban J connectivity index is 2.09. The molecule has 0 bridgehead atoms. The lowest BCUT2D eigenvalue weighted by Gasteiger charge is -2.01. The zero-order valence-electron chi connectivity index (χ0n) is 9.30. The summed E-state index contributed by atoms with van der Waals surface area (Å²) in [5, 5.41) is 0. The van der Waals surface area contributed by atoms with E-state index in [0.29, 0.717) is 6.42 Å². The molecule has 0 aliphatic rings. The van der Waals surface area contributed by atoms with Crippen LogP contribution in [0.2, 0.25) is 0 Å². The Morgan fingerprint density at radius 3 is 2.80 bits per heavy atom. The highest BCUT2D eigenvalue weighted by Gasteiger charge is 2.01. The maximum Gasteiger partial charge on any atom is 0.234 e. The van der Waals surface area contributed by atoms with E-state index in [0.717, 1.165) is 30.8 Å². The molecule has 1 aromatic rings. The molecule has 0 aliphatic carbocycles. The average molecular weight is 210 g/mol. The van der Waals surface area contributed by atoms with Crippen molar-refractivity contribution in [1.29, 1.82) is 0 Å². The molecule has 84 valence electrons. The number of unbranched alkanes of at least 4 members (excludes halogenated alkanes) is 1. The van der Waals surface area contributed by atoms with Crippen LogP contribution >= 0.6 is 0 Å². The summed E-state index contributed by atoms with van der Waals surface area (Å²) in [5.41, 5.74) is 5.15. The minimum Gasteiger partial charge on any atom is -0.466 e. The van der Waals surface area contributed by atoms with Crippen LogP contribution in [0.4, 0.5) is 0 Å². The Kier molecular flexibility index (Phi) is 4.90. The molecule has 1 amide bonds. The van der Waals surface area contributed by atoms with Gasteiger partial charge in [0.2, 0.25) is 5.91 Å². The normalized spacial score (nSPS) is 10.3. The summed E-state index contributed by atoms with van der Waals surface area (Å²) in [6, 6.07) is 3.95. The SMILES string of the molecule is CNNC(=O)CCCCc1ccc(C)o1. The highest BCUT2D eigenvalue weighted by molar-refractivity contribution is 5.75. The first-order valence-electron chi connectivity index (χ1n) is 5.23. The van der Waals surface area contributed by atoms with Crippen LogP contribution in [0.3, 0.4) is 0 Å². The van der Waals surface area contributed by atoms with Gasteiger partial charge in [-0.3, -0.25) is 10.2 Å². The van der Waals surface area contributed by atoms with E-state index in [1.807, 2.05) is 19.1 Å². The molecule has 0 aromatic carbocycles. The van der Waals surface area contributed by atoms with Crippen LogP contribution in [-0.4, -0.2) is 13.0 Å². The van der Waals surface area contributed by atoms with Crippen molar-refractivity contribution in [3.63, 3.8) is 0 Å². The van der Waals surface area contributed by atoms with Gasteiger partial charge < -0.3 is 4.42 Å². The Morgan fingerprint density at radius 1 is 1.40 bits per heavy atom. The Morgan fingerprint density at radius 2 is 2.20 bits per heavy atom. The second-order valence-corrected chi connectivity index (χ2v) is 3.52. The van der Waals surface area contributed by atoms with Gasteiger partial charge in [0.15, 0.2) is 0 Å². The van der Waals surface area contributed by atoms with Gasteiger partial charge in [-0.15, -0.1) is 0 Å². The first kappa shape index (κ1) is 11.8. The molecule has 0 saturated heterocycles. The van der Waals surface area contributed by atoms with Gasteiger partial charge in [0, 0.05) is 19.9 Å². The summed E-state index contributed by atoms with van der Waals surface area (Å²) in [5.74, 6) is 1.98. The van der Waals surface area contributed by atoms with Crippen LogP contribution in [-0.2, 0) is 11.2 Å². The van der Waals surface area contributed by atoms with Gasteiger partial charge in [-0.05, 0) is 31.9 Å². The summed E-state index contributed by atoms with van der Waals surface area (Å²) in [4.78, 5) is 11.1. The summed E-state index contributed by atoms with van der Waals surface area (Å²) < 4.78 is 5.43. The van der Waals surface area contributed by atoms with Gasteiger partial charge in [-0.25, -0.2) is 5.43 Å². The van der Waals surface area contributed by atoms with E-state index in [1.165, 1.54) is 0 Å². The van der Waals surface area contributed by atoms with Crippen molar-refractivity contribution in [3.05, 3.63) is 23.7 Å². The van der Waals surface area contributed by atoms with Crippen molar-refractivity contribution in [2.75, 3.05) is 7.05 Å². The molecule has 1 heterocycles. The molecular formula is C11H18N2O2. The maximum absolute atomic E-state index is 11.1. The number of furan rings is 1. The molecule has 4 heteroatoms. The number of carbonyl (C=O) groups is 1. The Hall–Kier alpha value is -1.29. The molecule has 1 rings (SSSR count). The van der Waals surface area contributed by atoms with Gasteiger partial charge in [0.1, 0.15) is 11.5 Å². The summed E-state index contributed by atoms with van der Waals surface area (Å²) in [6.45, 7) is 1.93. The van der Waals surface area contributed by atoms with E-state index in [4.69, 9.17) is 4.42 Å². The molecule has 0 spiro atoms. The van der Waals surface area contributed by atoms with E-state index in [9.17, 15) is 4.79 Å². The number of hydrogen-bond donors (Lipinski definition) is 2. The predicted octanol–water partition coefficient (Wildman–Crippen LogP) is 1.55. The van der Waals surface area contributed by atoms with Gasteiger partial charge in [0.25, 0.3) is 0 Å². The van der Waals surface area contributed by atoms with Crippen molar-refractivity contribution < 1.29 is 9.21 Å². The zero-order valence-corrected chi connectivity index (χ0v) is 9.30. The van der Waals surface area contributed by atoms with Gasteiger partial charge in [-0.2, -0.15) is 0 Å². The van der Waals surface area contributed by atoms with Crippen LogP contribution in [0.15, 0.2) is 16.5 Å². The molecule has 0 fully saturated rings. The highest BCUT2D eigenvalue weighted by Crippen LogP contribution is 2.10. The second kappa shape index (κ2) is 6.24. The van der Waals surface area contributed by atoms with E-state index < -0.39 is 0 Å². The molecule has 0 aliphatic heterocycles. The number of hydrazine groups is 1. The molecule has 0 unspecified atom stereocenters. The van der Waals surface area contributed by atoms with Crippen molar-refractivity contribution in [2.45, 2.75) is 32.6 Å². The second-order valence-electron chi connectivity index (χ2n) is 3.52. The zero-order chi connectivity index (χ0) is 11.1. The number of aryl methyl sites for hydroxylation is 2. The summed E-state index contributed by atoms with van der Waals surface area (Å²) in [6.07, 6.45) is 3.32. The van der Waals surface area contributed by atoms with Crippen molar-refractivity contribution in [2.24, 2.45) is 0 Å². The van der Waals surface area contributed by atoms with Crippen LogP contribution in [0.25, 0.3) is 0 Å². The van der Waals surface area contributed by atoms with E-state index in [-0.39, 0.29) is 5.91 Å². The fourth-order valence-electron chi connectivity index (χ4n) is 1.41. The Bertz CT molecular complexity index is 307. The van der Waals surface area contributed by atoms with Crippen LogP contribution in [0, 0.1) is 6.92 Å². The fraction of sp³-hybridized carbons (Fsp3) is 0.545. The number of nitrogens with one attached hydrogen (secondary N) is 2. The van der Waals surface area contributed by atoms with E-state index in [2.05, 4.69) is 10.9 Å². The van der Waals surface area contributed by atoms with Gasteiger partial charge in [-0.1, -0.05) is 0 Å². The van der Waals surface area contributed by atoms with Crippen molar-refractivity contribution in [3.8, 4) is 0 Å². The van der Waals surface area contributed by atoms with E-state index in [1.54, 1.807) is 7.05 Å². The molecule has 4 nitrogen and oxygen atoms in total. The maximum atomic E-state index is 11.1. The third kappa shape index (κ3) is 4.65. The predicted molar refractivity (Wildman–Crippen MR) is 58.2 cm³/mol. The monoisotopic (exact) mass is 210 g/mol. The molecule has 2 N–H and O–H groups in total. The Labute approximate surface area is 90.0 Å².